The van der Waals surface area contributed by atoms with Gasteiger partial charge in [0, 0.05) is 26.3 Å². The van der Waals surface area contributed by atoms with E-state index in [1.807, 2.05) is 42.5 Å². The molecule has 6 heteroatoms. The zero-order valence-electron chi connectivity index (χ0n) is 11.1. The molecule has 2 aromatic rings. The highest BCUT2D eigenvalue weighted by molar-refractivity contribution is 14.1. The van der Waals surface area contributed by atoms with Crippen LogP contribution in [0.1, 0.15) is 15.9 Å². The standard InChI is InChI=1S/C15H12BrIN2OS/c1-19(11-5-2-9(3-6-11)14(18)21)15(20)12-8-10(16)4-7-13(12)17/h2-8H,1H3,(H2,18,21). The van der Waals surface area contributed by atoms with Gasteiger partial charge >= 0.3 is 0 Å². The number of carbonyl (C=O) groups is 1. The molecule has 0 aliphatic rings. The van der Waals surface area contributed by atoms with Gasteiger partial charge in [-0.3, -0.25) is 4.79 Å². The van der Waals surface area contributed by atoms with E-state index in [1.165, 1.54) is 0 Å². The van der Waals surface area contributed by atoms with Crippen molar-refractivity contribution in [1.29, 1.82) is 0 Å². The number of nitrogens with two attached hydrogens (primary N) is 1. The van der Waals surface area contributed by atoms with Crippen LogP contribution in [0.25, 0.3) is 0 Å². The maximum Gasteiger partial charge on any atom is 0.259 e. The number of thiocarbonyl (C=S) groups is 1. The monoisotopic (exact) mass is 474 g/mol. The van der Waals surface area contributed by atoms with Crippen molar-refractivity contribution in [2.75, 3.05) is 11.9 Å². The van der Waals surface area contributed by atoms with Crippen LogP contribution in [-0.4, -0.2) is 17.9 Å². The molecule has 0 fully saturated rings. The van der Waals surface area contributed by atoms with E-state index < -0.39 is 0 Å². The highest BCUT2D eigenvalue weighted by atomic mass is 127. The number of carbonyl (C=O) groups excluding carboxylic acids is 1. The van der Waals surface area contributed by atoms with Gasteiger partial charge in [-0.25, -0.2) is 0 Å². The molecule has 0 saturated heterocycles. The third kappa shape index (κ3) is 3.81. The first kappa shape index (κ1) is 16.4. The number of hydrogen-bond donors (Lipinski definition) is 1. The third-order valence-electron chi connectivity index (χ3n) is 3.00. The molecule has 0 heterocycles. The minimum absolute atomic E-state index is 0.0659. The molecule has 0 bridgehead atoms. The maximum atomic E-state index is 12.6. The predicted octanol–water partition coefficient (Wildman–Crippen LogP) is 3.96. The zero-order chi connectivity index (χ0) is 15.6. The van der Waals surface area contributed by atoms with Crippen LogP contribution in [0.4, 0.5) is 5.69 Å². The molecular formula is C15H12BrIN2OS. The Balaban J connectivity index is 2.30. The number of anilines is 1. The van der Waals surface area contributed by atoms with Crippen LogP contribution in [-0.2, 0) is 0 Å². The Morgan fingerprint density at radius 2 is 1.86 bits per heavy atom. The summed E-state index contributed by atoms with van der Waals surface area (Å²) >= 11 is 10.5. The Kier molecular flexibility index (Phi) is 5.34. The molecule has 0 saturated carbocycles. The summed E-state index contributed by atoms with van der Waals surface area (Å²) in [5, 5.41) is 0. The molecule has 3 nitrogen and oxygen atoms in total. The number of nitrogens with zero attached hydrogens (tertiary/aromatic N) is 1. The second-order valence-corrected chi connectivity index (χ2v) is 6.92. The maximum absolute atomic E-state index is 12.6. The van der Waals surface area contributed by atoms with E-state index in [0.29, 0.717) is 10.6 Å². The van der Waals surface area contributed by atoms with Gasteiger partial charge in [-0.15, -0.1) is 0 Å². The van der Waals surface area contributed by atoms with E-state index >= 15 is 0 Å². The normalized spacial score (nSPS) is 10.2. The minimum Gasteiger partial charge on any atom is -0.389 e. The van der Waals surface area contributed by atoms with E-state index in [4.69, 9.17) is 18.0 Å². The highest BCUT2D eigenvalue weighted by Crippen LogP contribution is 2.22. The number of rotatable bonds is 3. The van der Waals surface area contributed by atoms with Gasteiger partial charge < -0.3 is 10.6 Å². The molecule has 0 radical (unpaired) electrons. The molecule has 0 aliphatic heterocycles. The summed E-state index contributed by atoms with van der Waals surface area (Å²) in [5.41, 5.74) is 7.80. The molecule has 0 unspecified atom stereocenters. The van der Waals surface area contributed by atoms with Gasteiger partial charge in [0.15, 0.2) is 0 Å². The van der Waals surface area contributed by atoms with Gasteiger partial charge in [0.05, 0.1) is 5.56 Å². The van der Waals surface area contributed by atoms with Crippen molar-refractivity contribution in [3.8, 4) is 0 Å². The SMILES string of the molecule is CN(C(=O)c1cc(Br)ccc1I)c1ccc(C(N)=S)cc1. The number of hydrogen-bond acceptors (Lipinski definition) is 2. The Bertz CT molecular complexity index is 703. The third-order valence-corrected chi connectivity index (χ3v) is 4.67. The minimum atomic E-state index is -0.0659. The Hall–Kier alpha value is -0.990. The van der Waals surface area contributed by atoms with Crippen LogP contribution in [0.3, 0.4) is 0 Å². The summed E-state index contributed by atoms with van der Waals surface area (Å²) in [6.45, 7) is 0. The largest absolute Gasteiger partial charge is 0.389 e. The van der Waals surface area contributed by atoms with Crippen LogP contribution < -0.4 is 10.6 Å². The fraction of sp³-hybridized carbons (Fsp3) is 0.0667. The second kappa shape index (κ2) is 6.85. The number of benzene rings is 2. The molecule has 2 aromatic carbocycles. The van der Waals surface area contributed by atoms with Gasteiger partial charge in [-0.05, 0) is 65.1 Å². The summed E-state index contributed by atoms with van der Waals surface area (Å²) in [7, 11) is 1.75. The van der Waals surface area contributed by atoms with Gasteiger partial charge in [0.1, 0.15) is 4.99 Å². The lowest BCUT2D eigenvalue weighted by molar-refractivity contribution is 0.0992. The van der Waals surface area contributed by atoms with Crippen molar-refractivity contribution in [1.82, 2.24) is 0 Å². The van der Waals surface area contributed by atoms with Crippen molar-refractivity contribution in [3.05, 3.63) is 61.6 Å². The summed E-state index contributed by atoms with van der Waals surface area (Å²) in [4.78, 5) is 14.5. The molecule has 21 heavy (non-hydrogen) atoms. The second-order valence-electron chi connectivity index (χ2n) is 4.40. The van der Waals surface area contributed by atoms with E-state index in [0.717, 1.165) is 19.3 Å². The summed E-state index contributed by atoms with van der Waals surface area (Å²) < 4.78 is 1.79. The number of amides is 1. The van der Waals surface area contributed by atoms with E-state index in [9.17, 15) is 4.79 Å². The Morgan fingerprint density at radius 3 is 2.43 bits per heavy atom. The van der Waals surface area contributed by atoms with E-state index in [1.54, 1.807) is 11.9 Å². The van der Waals surface area contributed by atoms with Gasteiger partial charge in [0.25, 0.3) is 5.91 Å². The molecular weight excluding hydrogens is 463 g/mol. The molecule has 1 amide bonds. The molecule has 0 aliphatic carbocycles. The summed E-state index contributed by atoms with van der Waals surface area (Å²) in [6, 6.07) is 12.9. The van der Waals surface area contributed by atoms with Crippen molar-refractivity contribution >= 4 is 67.3 Å². The average Bonchev–Trinajstić information content (AvgIpc) is 2.48. The molecule has 2 N–H and O–H groups in total. The lowest BCUT2D eigenvalue weighted by Crippen LogP contribution is -2.27. The Labute approximate surface area is 150 Å². The number of halogens is 2. The van der Waals surface area contributed by atoms with Crippen LogP contribution in [0.2, 0.25) is 0 Å². The first-order chi connectivity index (χ1) is 9.90. The molecule has 108 valence electrons. The predicted molar refractivity (Wildman–Crippen MR) is 102 cm³/mol. The van der Waals surface area contributed by atoms with Gasteiger partial charge in [0.2, 0.25) is 0 Å². The van der Waals surface area contributed by atoms with E-state index in [-0.39, 0.29) is 5.91 Å². The molecule has 0 atom stereocenters. The highest BCUT2D eigenvalue weighted by Gasteiger charge is 2.16. The first-order valence-electron chi connectivity index (χ1n) is 6.03. The van der Waals surface area contributed by atoms with Crippen LogP contribution >= 0.6 is 50.7 Å². The van der Waals surface area contributed by atoms with Crippen LogP contribution in [0.5, 0.6) is 0 Å². The summed E-state index contributed by atoms with van der Waals surface area (Å²) in [6.07, 6.45) is 0. The molecule has 0 spiro atoms. The molecule has 2 rings (SSSR count). The van der Waals surface area contributed by atoms with Gasteiger partial charge in [-0.2, -0.15) is 0 Å². The van der Waals surface area contributed by atoms with Crippen molar-refractivity contribution < 1.29 is 4.79 Å². The lowest BCUT2D eigenvalue weighted by atomic mass is 10.1. The summed E-state index contributed by atoms with van der Waals surface area (Å²) in [5.74, 6) is -0.0659. The smallest absolute Gasteiger partial charge is 0.259 e. The topological polar surface area (TPSA) is 46.3 Å². The Morgan fingerprint density at radius 1 is 1.24 bits per heavy atom. The first-order valence-corrected chi connectivity index (χ1v) is 8.31. The quantitative estimate of drug-likeness (QED) is 0.541. The zero-order valence-corrected chi connectivity index (χ0v) is 15.7. The van der Waals surface area contributed by atoms with Crippen molar-refractivity contribution in [3.63, 3.8) is 0 Å². The fourth-order valence-corrected chi connectivity index (χ4v) is 2.87. The molecule has 0 aromatic heterocycles. The van der Waals surface area contributed by atoms with Crippen LogP contribution in [0, 0.1) is 3.57 Å². The van der Waals surface area contributed by atoms with Gasteiger partial charge in [-0.1, -0.05) is 28.1 Å². The fourth-order valence-electron chi connectivity index (χ4n) is 1.81. The van der Waals surface area contributed by atoms with Crippen LogP contribution in [0.15, 0.2) is 46.9 Å². The van der Waals surface area contributed by atoms with Crippen molar-refractivity contribution in [2.24, 2.45) is 5.73 Å². The van der Waals surface area contributed by atoms with Crippen molar-refractivity contribution in [2.45, 2.75) is 0 Å². The van der Waals surface area contributed by atoms with E-state index in [2.05, 4.69) is 38.5 Å². The lowest BCUT2D eigenvalue weighted by Gasteiger charge is -2.18. The average molecular weight is 475 g/mol.